The molecule has 6 nitrogen and oxygen atoms in total. The van der Waals surface area contributed by atoms with E-state index < -0.39 is 0 Å². The largest absolute Gasteiger partial charge is 0.354 e. The molecular weight excluding hydrogens is 434 g/mol. The topological polar surface area (TPSA) is 85.8 Å². The van der Waals surface area contributed by atoms with Gasteiger partial charge in [-0.2, -0.15) is 0 Å². The number of rotatable bonds is 7. The van der Waals surface area contributed by atoms with E-state index in [1.54, 1.807) is 24.0 Å². The maximum atomic E-state index is 13.5. The minimum Gasteiger partial charge on any atom is -0.354 e. The van der Waals surface area contributed by atoms with Gasteiger partial charge in [0.05, 0.1) is 11.3 Å². The van der Waals surface area contributed by atoms with Gasteiger partial charge in [-0.3, -0.25) is 14.3 Å². The van der Waals surface area contributed by atoms with Crippen LogP contribution in [0.1, 0.15) is 11.1 Å². The number of pyridine rings is 1. The first kappa shape index (κ1) is 24.2. The van der Waals surface area contributed by atoms with Crippen molar-refractivity contribution in [3.05, 3.63) is 101 Å². The Balaban J connectivity index is 0.00000306. The molecule has 0 fully saturated rings. The summed E-state index contributed by atoms with van der Waals surface area (Å²) in [6, 6.07) is 21.7. The highest BCUT2D eigenvalue weighted by Gasteiger charge is 2.18. The maximum Gasteiger partial charge on any atom is 0.263 e. The van der Waals surface area contributed by atoms with E-state index in [1.165, 1.54) is 5.56 Å². The van der Waals surface area contributed by atoms with Gasteiger partial charge in [0, 0.05) is 37.6 Å². The molecule has 1 atom stereocenters. The summed E-state index contributed by atoms with van der Waals surface area (Å²) < 4.78 is 1.55. The molecule has 4 aromatic rings. The third kappa shape index (κ3) is 5.66. The standard InChI is InChI=1S/C26H27N5O.ClH/c1-18-7-6-10-21(15-18)23-24(20-11-13-28-14-12-20)30-26(31(2)25(23)32)29-17-22(27)16-19-8-4-3-5-9-19;/h3-15,22H,16-17,27H2,1-2H3,(H,29,30);1H/t22-;/m1./s1. The Hall–Kier alpha value is -3.48. The van der Waals surface area contributed by atoms with Gasteiger partial charge >= 0.3 is 0 Å². The second-order valence-electron chi connectivity index (χ2n) is 7.96. The quantitative estimate of drug-likeness (QED) is 0.430. The zero-order valence-corrected chi connectivity index (χ0v) is 19.5. The van der Waals surface area contributed by atoms with Gasteiger partial charge in [-0.25, -0.2) is 4.98 Å². The number of nitrogens with one attached hydrogen (secondary N) is 1. The van der Waals surface area contributed by atoms with Crippen LogP contribution >= 0.6 is 12.4 Å². The lowest BCUT2D eigenvalue weighted by Crippen LogP contribution is -2.34. The summed E-state index contributed by atoms with van der Waals surface area (Å²) in [6.45, 7) is 2.51. The normalized spacial score (nSPS) is 11.5. The summed E-state index contributed by atoms with van der Waals surface area (Å²) in [5.74, 6) is 0.488. The third-order valence-corrected chi connectivity index (χ3v) is 5.41. The molecule has 0 amide bonds. The first-order chi connectivity index (χ1) is 15.5. The van der Waals surface area contributed by atoms with E-state index in [0.717, 1.165) is 23.1 Å². The van der Waals surface area contributed by atoms with Gasteiger partial charge in [-0.1, -0.05) is 60.2 Å². The molecular formula is C26H28ClN5O. The molecule has 33 heavy (non-hydrogen) atoms. The molecule has 4 rings (SSSR count). The molecule has 0 radical (unpaired) electrons. The molecule has 0 aliphatic rings. The molecule has 7 heteroatoms. The molecule has 170 valence electrons. The minimum atomic E-state index is -0.116. The smallest absolute Gasteiger partial charge is 0.263 e. The van der Waals surface area contributed by atoms with Gasteiger partial charge in [-0.05, 0) is 36.6 Å². The number of benzene rings is 2. The van der Waals surface area contributed by atoms with E-state index in [1.807, 2.05) is 61.5 Å². The van der Waals surface area contributed by atoms with Crippen LogP contribution in [0.5, 0.6) is 0 Å². The highest BCUT2D eigenvalue weighted by molar-refractivity contribution is 5.85. The van der Waals surface area contributed by atoms with Crippen molar-refractivity contribution < 1.29 is 0 Å². The van der Waals surface area contributed by atoms with Crippen LogP contribution in [-0.2, 0) is 13.5 Å². The summed E-state index contributed by atoms with van der Waals surface area (Å²) in [5, 5.41) is 3.29. The zero-order valence-electron chi connectivity index (χ0n) is 18.7. The molecule has 0 saturated heterocycles. The molecule has 2 heterocycles. The van der Waals surface area contributed by atoms with Gasteiger partial charge < -0.3 is 11.1 Å². The number of hydrogen-bond acceptors (Lipinski definition) is 5. The summed E-state index contributed by atoms with van der Waals surface area (Å²) in [6.07, 6.45) is 4.15. The van der Waals surface area contributed by atoms with Crippen molar-refractivity contribution in [3.8, 4) is 22.4 Å². The molecule has 0 bridgehead atoms. The van der Waals surface area contributed by atoms with Crippen LogP contribution in [0.2, 0.25) is 0 Å². The van der Waals surface area contributed by atoms with Gasteiger partial charge in [0.1, 0.15) is 0 Å². The van der Waals surface area contributed by atoms with Crippen molar-refractivity contribution in [2.45, 2.75) is 19.4 Å². The Morgan fingerprint density at radius 2 is 1.73 bits per heavy atom. The predicted octanol–water partition coefficient (Wildman–Crippen LogP) is 4.22. The second-order valence-corrected chi connectivity index (χ2v) is 7.96. The van der Waals surface area contributed by atoms with Crippen molar-refractivity contribution in [1.29, 1.82) is 0 Å². The fourth-order valence-corrected chi connectivity index (χ4v) is 3.75. The van der Waals surface area contributed by atoms with E-state index in [9.17, 15) is 4.79 Å². The summed E-state index contributed by atoms with van der Waals surface area (Å²) >= 11 is 0. The van der Waals surface area contributed by atoms with Gasteiger partial charge in [0.2, 0.25) is 5.95 Å². The Morgan fingerprint density at radius 3 is 2.42 bits per heavy atom. The van der Waals surface area contributed by atoms with E-state index >= 15 is 0 Å². The van der Waals surface area contributed by atoms with Gasteiger partial charge in [-0.15, -0.1) is 12.4 Å². The van der Waals surface area contributed by atoms with E-state index in [2.05, 4.69) is 22.4 Å². The first-order valence-electron chi connectivity index (χ1n) is 10.6. The van der Waals surface area contributed by atoms with Crippen molar-refractivity contribution in [2.75, 3.05) is 11.9 Å². The van der Waals surface area contributed by atoms with E-state index in [0.29, 0.717) is 23.8 Å². The van der Waals surface area contributed by atoms with Crippen LogP contribution in [0, 0.1) is 6.92 Å². The van der Waals surface area contributed by atoms with Crippen LogP contribution in [0.15, 0.2) is 83.9 Å². The first-order valence-corrected chi connectivity index (χ1v) is 10.6. The number of nitrogens with two attached hydrogens (primary N) is 1. The average molecular weight is 462 g/mol. The van der Waals surface area contributed by atoms with Crippen LogP contribution in [-0.4, -0.2) is 27.1 Å². The zero-order chi connectivity index (χ0) is 22.5. The number of nitrogens with zero attached hydrogens (tertiary/aromatic N) is 3. The van der Waals surface area contributed by atoms with E-state index in [-0.39, 0.29) is 24.0 Å². The summed E-state index contributed by atoms with van der Waals surface area (Å²) in [5.41, 5.74) is 11.4. The molecule has 3 N–H and O–H groups in total. The lowest BCUT2D eigenvalue weighted by atomic mass is 9.99. The summed E-state index contributed by atoms with van der Waals surface area (Å²) in [7, 11) is 1.73. The Labute approximate surface area is 200 Å². The fraction of sp³-hybridized carbons (Fsp3) is 0.192. The van der Waals surface area contributed by atoms with Crippen molar-refractivity contribution in [2.24, 2.45) is 12.8 Å². The van der Waals surface area contributed by atoms with Gasteiger partial charge in [0.15, 0.2) is 0 Å². The van der Waals surface area contributed by atoms with Crippen LogP contribution in [0.3, 0.4) is 0 Å². The highest BCUT2D eigenvalue weighted by atomic mass is 35.5. The van der Waals surface area contributed by atoms with Crippen LogP contribution in [0.4, 0.5) is 5.95 Å². The van der Waals surface area contributed by atoms with Crippen LogP contribution in [0.25, 0.3) is 22.4 Å². The average Bonchev–Trinajstić information content (AvgIpc) is 2.81. The molecule has 0 unspecified atom stereocenters. The Morgan fingerprint density at radius 1 is 1.00 bits per heavy atom. The summed E-state index contributed by atoms with van der Waals surface area (Å²) in [4.78, 5) is 22.4. The number of halogens is 1. The lowest BCUT2D eigenvalue weighted by Gasteiger charge is -2.18. The molecule has 0 aliphatic heterocycles. The Bertz CT molecular complexity index is 1260. The highest BCUT2D eigenvalue weighted by Crippen LogP contribution is 2.29. The lowest BCUT2D eigenvalue weighted by molar-refractivity contribution is 0.688. The fourth-order valence-electron chi connectivity index (χ4n) is 3.75. The Kier molecular flexibility index (Phi) is 7.98. The number of aromatic nitrogens is 3. The monoisotopic (exact) mass is 461 g/mol. The molecule has 2 aromatic heterocycles. The number of aryl methyl sites for hydroxylation is 1. The van der Waals surface area contributed by atoms with Crippen molar-refractivity contribution in [3.63, 3.8) is 0 Å². The molecule has 0 aliphatic carbocycles. The van der Waals surface area contributed by atoms with Crippen molar-refractivity contribution >= 4 is 18.4 Å². The third-order valence-electron chi connectivity index (χ3n) is 5.41. The molecule has 0 saturated carbocycles. The second kappa shape index (κ2) is 10.9. The number of anilines is 1. The van der Waals surface area contributed by atoms with Gasteiger partial charge in [0.25, 0.3) is 5.56 Å². The maximum absolute atomic E-state index is 13.5. The SMILES string of the molecule is Cc1cccc(-c2c(-c3ccncc3)nc(NC[C@H](N)Cc3ccccc3)n(C)c2=O)c1.Cl. The number of hydrogen-bond donors (Lipinski definition) is 2. The predicted molar refractivity (Wildman–Crippen MR) is 137 cm³/mol. The van der Waals surface area contributed by atoms with Crippen molar-refractivity contribution in [1.82, 2.24) is 14.5 Å². The molecule has 0 spiro atoms. The molecule has 2 aromatic carbocycles. The van der Waals surface area contributed by atoms with E-state index in [4.69, 9.17) is 10.7 Å². The minimum absolute atomic E-state index is 0. The van der Waals surface area contributed by atoms with Crippen LogP contribution < -0.4 is 16.6 Å².